The maximum absolute atomic E-state index is 9.58. The second-order valence-corrected chi connectivity index (χ2v) is 4.52. The van der Waals surface area contributed by atoms with E-state index in [9.17, 15) is 5.11 Å². The first-order valence-corrected chi connectivity index (χ1v) is 6.92. The molecule has 0 aliphatic rings. The van der Waals surface area contributed by atoms with Gasteiger partial charge in [0, 0.05) is 6.92 Å². The molecule has 0 aliphatic carbocycles. The van der Waals surface area contributed by atoms with Crippen LogP contribution in [0.4, 0.5) is 0 Å². The van der Waals surface area contributed by atoms with E-state index in [1.54, 1.807) is 0 Å². The fourth-order valence-corrected chi connectivity index (χ4v) is 1.58. The number of carbonyl (C=O) groups is 1. The lowest BCUT2D eigenvalue weighted by atomic mass is 10.0. The maximum Gasteiger partial charge on any atom is 0.300 e. The summed E-state index contributed by atoms with van der Waals surface area (Å²) in [5, 5.41) is 17.0. The summed E-state index contributed by atoms with van der Waals surface area (Å²) in [5.74, 6) is -0.833. The molecule has 0 spiro atoms. The minimum Gasteiger partial charge on any atom is -0.481 e. The lowest BCUT2D eigenvalue weighted by Gasteiger charge is -2.09. The highest BCUT2D eigenvalue weighted by atomic mass is 16.4. The van der Waals surface area contributed by atoms with E-state index in [1.165, 1.54) is 44.9 Å². The Bertz CT molecular complexity index is 154. The molecule has 104 valence electrons. The van der Waals surface area contributed by atoms with Gasteiger partial charge in [-0.25, -0.2) is 0 Å². The number of aliphatic hydroxyl groups is 1. The van der Waals surface area contributed by atoms with Crippen LogP contribution in [-0.2, 0) is 4.79 Å². The van der Waals surface area contributed by atoms with Crippen LogP contribution in [0.25, 0.3) is 0 Å². The molecular weight excluding hydrogens is 216 g/mol. The number of hydrogen-bond acceptors (Lipinski definition) is 2. The Morgan fingerprint density at radius 2 is 1.29 bits per heavy atom. The Labute approximate surface area is 106 Å². The summed E-state index contributed by atoms with van der Waals surface area (Å²) in [6, 6.07) is 0. The van der Waals surface area contributed by atoms with Crippen LogP contribution in [0.5, 0.6) is 0 Å². The molecule has 0 saturated heterocycles. The number of carboxylic acid groups (broad SMARTS) is 1. The summed E-state index contributed by atoms with van der Waals surface area (Å²) in [5.41, 5.74) is 0. The van der Waals surface area contributed by atoms with Gasteiger partial charge in [0.05, 0.1) is 6.10 Å². The van der Waals surface area contributed by atoms with E-state index in [0.717, 1.165) is 19.8 Å². The topological polar surface area (TPSA) is 57.5 Å². The molecule has 3 heteroatoms. The normalized spacial score (nSPS) is 11.5. The van der Waals surface area contributed by atoms with Crippen LogP contribution in [0, 0.1) is 0 Å². The first kappa shape index (κ1) is 18.8. The standard InChI is InChI=1S/C12H26O.C2H4O2/c1-3-5-7-9-11-12(13)10-8-6-4-2;1-2(3)4/h12-13H,3-11H2,1-2H3;1H3,(H,3,4). The zero-order valence-corrected chi connectivity index (χ0v) is 11.7. The van der Waals surface area contributed by atoms with Crippen molar-refractivity contribution in [2.24, 2.45) is 0 Å². The Morgan fingerprint density at radius 1 is 0.941 bits per heavy atom. The van der Waals surface area contributed by atoms with Gasteiger partial charge in [-0.2, -0.15) is 0 Å². The molecule has 0 heterocycles. The van der Waals surface area contributed by atoms with Gasteiger partial charge in [0.1, 0.15) is 0 Å². The smallest absolute Gasteiger partial charge is 0.300 e. The van der Waals surface area contributed by atoms with Crippen LogP contribution in [0.2, 0.25) is 0 Å². The number of carboxylic acids is 1. The van der Waals surface area contributed by atoms with Crippen molar-refractivity contribution in [2.45, 2.75) is 84.7 Å². The van der Waals surface area contributed by atoms with Crippen LogP contribution < -0.4 is 0 Å². The van der Waals surface area contributed by atoms with Gasteiger partial charge in [-0.15, -0.1) is 0 Å². The van der Waals surface area contributed by atoms with E-state index in [0.29, 0.717) is 0 Å². The van der Waals surface area contributed by atoms with Gasteiger partial charge < -0.3 is 10.2 Å². The highest BCUT2D eigenvalue weighted by Gasteiger charge is 2.02. The first-order chi connectivity index (χ1) is 8.04. The average molecular weight is 246 g/mol. The lowest BCUT2D eigenvalue weighted by Crippen LogP contribution is -2.05. The number of unbranched alkanes of at least 4 members (excludes halogenated alkanes) is 5. The Balaban J connectivity index is 0. The Kier molecular flexibility index (Phi) is 17.1. The molecular formula is C14H30O3. The maximum atomic E-state index is 9.58. The number of hydrogen-bond donors (Lipinski definition) is 2. The van der Waals surface area contributed by atoms with E-state index in [1.807, 2.05) is 0 Å². The molecule has 0 bridgehead atoms. The molecule has 0 radical (unpaired) electrons. The molecule has 1 unspecified atom stereocenters. The molecule has 2 N–H and O–H groups in total. The third kappa shape index (κ3) is 25.6. The van der Waals surface area contributed by atoms with Crippen molar-refractivity contribution in [1.29, 1.82) is 0 Å². The minimum atomic E-state index is -0.833. The molecule has 0 aromatic rings. The van der Waals surface area contributed by atoms with Gasteiger partial charge in [0.25, 0.3) is 5.97 Å². The molecule has 17 heavy (non-hydrogen) atoms. The molecule has 0 saturated carbocycles. The van der Waals surface area contributed by atoms with Crippen LogP contribution >= 0.6 is 0 Å². The van der Waals surface area contributed by atoms with Gasteiger partial charge in [-0.1, -0.05) is 58.8 Å². The van der Waals surface area contributed by atoms with Gasteiger partial charge in [-0.05, 0) is 12.8 Å². The molecule has 0 aromatic carbocycles. The molecule has 1 atom stereocenters. The van der Waals surface area contributed by atoms with E-state index in [2.05, 4.69) is 13.8 Å². The van der Waals surface area contributed by atoms with Gasteiger partial charge >= 0.3 is 0 Å². The summed E-state index contributed by atoms with van der Waals surface area (Å²) in [6.45, 7) is 5.51. The van der Waals surface area contributed by atoms with Gasteiger partial charge in [0.15, 0.2) is 0 Å². The highest BCUT2D eigenvalue weighted by Crippen LogP contribution is 2.11. The summed E-state index contributed by atoms with van der Waals surface area (Å²) < 4.78 is 0. The molecule has 0 aromatic heterocycles. The zero-order valence-electron chi connectivity index (χ0n) is 11.7. The van der Waals surface area contributed by atoms with Crippen LogP contribution in [0.15, 0.2) is 0 Å². The summed E-state index contributed by atoms with van der Waals surface area (Å²) in [6.07, 6.45) is 10.8. The summed E-state index contributed by atoms with van der Waals surface area (Å²) in [4.78, 5) is 9.00. The third-order valence-corrected chi connectivity index (χ3v) is 2.53. The Hall–Kier alpha value is -0.570. The number of aliphatic hydroxyl groups excluding tert-OH is 1. The van der Waals surface area contributed by atoms with E-state index in [-0.39, 0.29) is 6.10 Å². The molecule has 0 rings (SSSR count). The Morgan fingerprint density at radius 3 is 1.71 bits per heavy atom. The molecule has 3 nitrogen and oxygen atoms in total. The van der Waals surface area contributed by atoms with Gasteiger partial charge in [0.2, 0.25) is 0 Å². The summed E-state index contributed by atoms with van der Waals surface area (Å²) in [7, 11) is 0. The van der Waals surface area contributed by atoms with Crippen molar-refractivity contribution in [2.75, 3.05) is 0 Å². The van der Waals surface area contributed by atoms with E-state index >= 15 is 0 Å². The van der Waals surface area contributed by atoms with Crippen molar-refractivity contribution in [1.82, 2.24) is 0 Å². The minimum absolute atomic E-state index is 0.0246. The monoisotopic (exact) mass is 246 g/mol. The third-order valence-electron chi connectivity index (χ3n) is 2.53. The van der Waals surface area contributed by atoms with Crippen molar-refractivity contribution < 1.29 is 15.0 Å². The molecule has 0 fully saturated rings. The van der Waals surface area contributed by atoms with Crippen molar-refractivity contribution >= 4 is 5.97 Å². The quantitative estimate of drug-likeness (QED) is 0.605. The molecule has 0 aliphatic heterocycles. The van der Waals surface area contributed by atoms with Crippen LogP contribution in [0.3, 0.4) is 0 Å². The average Bonchev–Trinajstić information content (AvgIpc) is 2.24. The van der Waals surface area contributed by atoms with Crippen LogP contribution in [0.1, 0.15) is 78.6 Å². The highest BCUT2D eigenvalue weighted by molar-refractivity contribution is 5.62. The fourth-order valence-electron chi connectivity index (χ4n) is 1.58. The van der Waals surface area contributed by atoms with Crippen molar-refractivity contribution in [3.63, 3.8) is 0 Å². The van der Waals surface area contributed by atoms with Crippen molar-refractivity contribution in [3.05, 3.63) is 0 Å². The predicted molar refractivity (Wildman–Crippen MR) is 72.2 cm³/mol. The number of rotatable bonds is 9. The SMILES string of the molecule is CC(=O)O.CCCCCCC(O)CCCCC. The first-order valence-electron chi connectivity index (χ1n) is 6.92. The van der Waals surface area contributed by atoms with E-state index in [4.69, 9.17) is 9.90 Å². The zero-order chi connectivity index (χ0) is 13.5. The predicted octanol–water partition coefficient (Wildman–Crippen LogP) is 3.99. The summed E-state index contributed by atoms with van der Waals surface area (Å²) >= 11 is 0. The van der Waals surface area contributed by atoms with E-state index < -0.39 is 5.97 Å². The molecule has 0 amide bonds. The second kappa shape index (κ2) is 15.4. The largest absolute Gasteiger partial charge is 0.481 e. The lowest BCUT2D eigenvalue weighted by molar-refractivity contribution is -0.134. The van der Waals surface area contributed by atoms with Crippen LogP contribution in [-0.4, -0.2) is 22.3 Å². The van der Waals surface area contributed by atoms with Gasteiger partial charge in [-0.3, -0.25) is 4.79 Å². The fraction of sp³-hybridized carbons (Fsp3) is 0.929. The second-order valence-electron chi connectivity index (χ2n) is 4.52. The number of aliphatic carboxylic acids is 1. The van der Waals surface area contributed by atoms with Crippen molar-refractivity contribution in [3.8, 4) is 0 Å².